The number of nitrogens with two attached hydrogens (primary N) is 1. The van der Waals surface area contributed by atoms with Gasteiger partial charge in [-0.05, 0) is 69.4 Å². The fourth-order valence-corrected chi connectivity index (χ4v) is 6.12. The number of rotatable bonds is 6. The molecule has 3 aromatic heterocycles. The highest BCUT2D eigenvalue weighted by atomic mass is 79.9. The zero-order valence-corrected chi connectivity index (χ0v) is 28.4. The normalized spacial score (nSPS) is 11.5. The Bertz CT molecular complexity index is 2530. The Morgan fingerprint density at radius 1 is 0.849 bits per heavy atom. The van der Waals surface area contributed by atoms with Crippen LogP contribution in [0, 0.1) is 11.6 Å². The lowest BCUT2D eigenvalue weighted by molar-refractivity contribution is -0.138. The molecule has 0 bridgehead atoms. The molecule has 53 heavy (non-hydrogen) atoms. The number of hydrogen-bond donors (Lipinski definition) is 5. The zero-order chi connectivity index (χ0) is 38.2. The molecule has 0 atom stereocenters. The number of nitrogens with zero attached hydrogens (tertiary/aromatic N) is 6. The SMILES string of the molecule is Nc1ncnc2c1c(-c1cc(O)cc(F)c1)nn2Cc1nc2cccc(Br)c2c(=O)n1Cc1ccccc1C(F)(F)F.OB(O)c1cc(O)cc(F)c1. The van der Waals surface area contributed by atoms with Crippen LogP contribution in [0.25, 0.3) is 33.2 Å². The van der Waals surface area contributed by atoms with Crippen LogP contribution >= 0.6 is 15.9 Å². The van der Waals surface area contributed by atoms with Gasteiger partial charge < -0.3 is 26.0 Å². The van der Waals surface area contributed by atoms with Crippen molar-refractivity contribution in [2.45, 2.75) is 19.3 Å². The first-order valence-corrected chi connectivity index (χ1v) is 16.1. The van der Waals surface area contributed by atoms with E-state index in [1.165, 1.54) is 35.3 Å². The third kappa shape index (κ3) is 7.81. The van der Waals surface area contributed by atoms with Crippen LogP contribution in [-0.4, -0.2) is 56.7 Å². The van der Waals surface area contributed by atoms with Crippen LogP contribution in [0.3, 0.4) is 0 Å². The fraction of sp³-hybridized carbons (Fsp3) is 0.0882. The highest BCUT2D eigenvalue weighted by Gasteiger charge is 2.33. The minimum atomic E-state index is -4.65. The summed E-state index contributed by atoms with van der Waals surface area (Å²) >= 11 is 3.35. The summed E-state index contributed by atoms with van der Waals surface area (Å²) in [5.41, 5.74) is 5.34. The summed E-state index contributed by atoms with van der Waals surface area (Å²) in [4.78, 5) is 26.7. The van der Waals surface area contributed by atoms with E-state index in [2.05, 4.69) is 36.0 Å². The first kappa shape index (κ1) is 36.9. The van der Waals surface area contributed by atoms with Crippen LogP contribution in [-0.2, 0) is 19.3 Å². The standard InChI is InChI=1S/C28H18BrF4N7O2.C6H6BFO3/c29-19-6-3-7-20-22(19)27(42)39(11-14-4-1-2-5-18(14)28(31,32)33)21(37-20)12-40-26-23(25(34)35-13-36-26)24(38-40)15-8-16(30)10-17(41)9-15;8-5-1-4(7(10)11)2-6(9)3-5/h1-10,13,41H,11-12H2,(H2,34,35,36);1-3,9-11H. The molecule has 0 aliphatic heterocycles. The smallest absolute Gasteiger partial charge is 0.488 e. The lowest BCUT2D eigenvalue weighted by Crippen LogP contribution is -2.29. The van der Waals surface area contributed by atoms with Crippen LogP contribution < -0.4 is 16.8 Å². The number of aromatic nitrogens is 6. The first-order valence-electron chi connectivity index (χ1n) is 15.3. The van der Waals surface area contributed by atoms with Gasteiger partial charge in [-0.3, -0.25) is 9.36 Å². The Morgan fingerprint density at radius 3 is 2.23 bits per heavy atom. The van der Waals surface area contributed by atoms with Gasteiger partial charge in [-0.1, -0.05) is 24.3 Å². The van der Waals surface area contributed by atoms with E-state index in [0.29, 0.717) is 9.99 Å². The summed E-state index contributed by atoms with van der Waals surface area (Å²) in [5, 5.41) is 40.8. The van der Waals surface area contributed by atoms with Gasteiger partial charge in [-0.25, -0.2) is 28.4 Å². The van der Waals surface area contributed by atoms with Crippen molar-refractivity contribution in [3.63, 3.8) is 0 Å². The molecule has 7 rings (SSSR count). The van der Waals surface area contributed by atoms with Crippen molar-refractivity contribution in [1.82, 2.24) is 29.3 Å². The lowest BCUT2D eigenvalue weighted by atomic mass is 9.80. The van der Waals surface area contributed by atoms with Crippen LogP contribution in [0.4, 0.5) is 27.8 Å². The Kier molecular flexibility index (Phi) is 10.2. The van der Waals surface area contributed by atoms with Crippen LogP contribution in [0.5, 0.6) is 11.5 Å². The van der Waals surface area contributed by atoms with Gasteiger partial charge >= 0.3 is 13.3 Å². The minimum Gasteiger partial charge on any atom is -0.508 e. The highest BCUT2D eigenvalue weighted by Crippen LogP contribution is 2.34. The number of hydrogen-bond acceptors (Lipinski definition) is 10. The molecule has 0 aliphatic carbocycles. The maximum absolute atomic E-state index is 14.2. The number of alkyl halides is 3. The van der Waals surface area contributed by atoms with Crippen molar-refractivity contribution in [2.24, 2.45) is 0 Å². The molecular weight excluding hydrogens is 772 g/mol. The molecule has 0 amide bonds. The van der Waals surface area contributed by atoms with E-state index in [9.17, 15) is 31.9 Å². The van der Waals surface area contributed by atoms with E-state index >= 15 is 0 Å². The number of anilines is 1. The number of nitrogen functional groups attached to an aromatic ring is 1. The molecule has 0 fully saturated rings. The second kappa shape index (κ2) is 14.6. The van der Waals surface area contributed by atoms with Gasteiger partial charge in [0.15, 0.2) is 5.65 Å². The Balaban J connectivity index is 0.000000376. The summed E-state index contributed by atoms with van der Waals surface area (Å²) in [6, 6.07) is 16.2. The van der Waals surface area contributed by atoms with Gasteiger partial charge in [0.05, 0.1) is 28.4 Å². The molecule has 7 aromatic rings. The van der Waals surface area contributed by atoms with Gasteiger partial charge in [0.25, 0.3) is 5.56 Å². The van der Waals surface area contributed by atoms with Gasteiger partial charge in [0.1, 0.15) is 53.3 Å². The molecule has 6 N–H and O–H groups in total. The number of phenolic OH excluding ortho intramolecular Hbond substituents is 2. The molecule has 4 aromatic carbocycles. The molecule has 0 aliphatic rings. The van der Waals surface area contributed by atoms with Gasteiger partial charge in [-0.15, -0.1) is 0 Å². The zero-order valence-electron chi connectivity index (χ0n) is 26.8. The number of halogens is 6. The van der Waals surface area contributed by atoms with Gasteiger partial charge in [-0.2, -0.15) is 18.3 Å². The van der Waals surface area contributed by atoms with Crippen molar-refractivity contribution in [2.75, 3.05) is 5.73 Å². The molecule has 0 unspecified atom stereocenters. The summed E-state index contributed by atoms with van der Waals surface area (Å²) in [5.74, 6) is -1.99. The Labute approximate surface area is 303 Å². The summed E-state index contributed by atoms with van der Waals surface area (Å²) in [7, 11) is -1.75. The molecule has 12 nitrogen and oxygen atoms in total. The largest absolute Gasteiger partial charge is 0.508 e. The lowest BCUT2D eigenvalue weighted by Gasteiger charge is -2.17. The first-order chi connectivity index (χ1) is 25.1. The summed E-state index contributed by atoms with van der Waals surface area (Å²) < 4.78 is 71.1. The topological polar surface area (TPSA) is 185 Å². The summed E-state index contributed by atoms with van der Waals surface area (Å²) in [6.45, 7) is -0.658. The minimum absolute atomic E-state index is 0.0249. The maximum Gasteiger partial charge on any atom is 0.488 e. The molecule has 3 heterocycles. The van der Waals surface area contributed by atoms with E-state index < -0.39 is 42.6 Å². The number of phenols is 2. The molecule has 270 valence electrons. The van der Waals surface area contributed by atoms with Crippen LogP contribution in [0.2, 0.25) is 0 Å². The van der Waals surface area contributed by atoms with E-state index in [-0.39, 0.29) is 68.4 Å². The predicted molar refractivity (Wildman–Crippen MR) is 188 cm³/mol. The quantitative estimate of drug-likeness (QED) is 0.117. The van der Waals surface area contributed by atoms with Crippen molar-refractivity contribution >= 4 is 56.3 Å². The number of aromatic hydroxyl groups is 2. The third-order valence-corrected chi connectivity index (χ3v) is 8.53. The van der Waals surface area contributed by atoms with Crippen molar-refractivity contribution in [3.05, 3.63) is 129 Å². The van der Waals surface area contributed by atoms with E-state index in [1.54, 1.807) is 18.2 Å². The van der Waals surface area contributed by atoms with Crippen LogP contribution in [0.1, 0.15) is 17.0 Å². The maximum atomic E-state index is 14.2. The second-order valence-electron chi connectivity index (χ2n) is 11.5. The molecule has 19 heteroatoms. The average Bonchev–Trinajstić information content (AvgIpc) is 3.45. The monoisotopic (exact) mass is 795 g/mol. The number of benzene rings is 4. The van der Waals surface area contributed by atoms with Crippen molar-refractivity contribution < 1.29 is 42.2 Å². The molecule has 0 saturated carbocycles. The number of fused-ring (bicyclic) bond motifs is 2. The van der Waals surface area contributed by atoms with Crippen molar-refractivity contribution in [1.29, 1.82) is 0 Å². The Hall–Kier alpha value is -5.92. The van der Waals surface area contributed by atoms with Crippen molar-refractivity contribution in [3.8, 4) is 22.8 Å². The average molecular weight is 796 g/mol. The van der Waals surface area contributed by atoms with E-state index in [0.717, 1.165) is 41.0 Å². The predicted octanol–water partition coefficient (Wildman–Crippen LogP) is 4.72. The summed E-state index contributed by atoms with van der Waals surface area (Å²) in [6.07, 6.45) is -3.45. The van der Waals surface area contributed by atoms with E-state index in [1.807, 2.05) is 0 Å². The molecular formula is C34H24BBrF5N7O5. The Morgan fingerprint density at radius 2 is 1.55 bits per heavy atom. The molecule has 0 saturated heterocycles. The fourth-order valence-electron chi connectivity index (χ4n) is 5.59. The molecule has 0 radical (unpaired) electrons. The van der Waals surface area contributed by atoms with E-state index in [4.69, 9.17) is 20.9 Å². The van der Waals surface area contributed by atoms with Gasteiger partial charge in [0, 0.05) is 22.2 Å². The van der Waals surface area contributed by atoms with Crippen LogP contribution in [0.15, 0.2) is 94.5 Å². The highest BCUT2D eigenvalue weighted by molar-refractivity contribution is 9.10. The third-order valence-electron chi connectivity index (χ3n) is 7.87. The second-order valence-corrected chi connectivity index (χ2v) is 12.3. The van der Waals surface area contributed by atoms with Gasteiger partial charge in [0.2, 0.25) is 0 Å². The molecule has 0 spiro atoms.